The average Bonchev–Trinajstić information content (AvgIpc) is 3.28. The van der Waals surface area contributed by atoms with Gasteiger partial charge in [-0.2, -0.15) is 0 Å². The van der Waals surface area contributed by atoms with Crippen molar-refractivity contribution in [3.63, 3.8) is 0 Å². The molecule has 7 nitrogen and oxygen atoms in total. The van der Waals surface area contributed by atoms with Gasteiger partial charge in [0.2, 0.25) is 0 Å². The van der Waals surface area contributed by atoms with E-state index in [0.717, 1.165) is 60.5 Å². The molecular formula is C31H33N3O4. The molecule has 0 amide bonds. The Morgan fingerprint density at radius 3 is 2.24 bits per heavy atom. The van der Waals surface area contributed by atoms with Crippen LogP contribution in [0, 0.1) is 13.8 Å². The Labute approximate surface area is 223 Å². The zero-order chi connectivity index (χ0) is 26.6. The fourth-order valence-corrected chi connectivity index (χ4v) is 4.94. The molecule has 1 saturated heterocycles. The number of hydrogen-bond donors (Lipinski definition) is 1. The van der Waals surface area contributed by atoms with Crippen LogP contribution in [0.3, 0.4) is 0 Å². The van der Waals surface area contributed by atoms with E-state index in [9.17, 15) is 9.59 Å². The van der Waals surface area contributed by atoms with Gasteiger partial charge in [-0.25, -0.2) is 4.79 Å². The molecule has 1 N–H and O–H groups in total. The van der Waals surface area contributed by atoms with Crippen molar-refractivity contribution in [2.45, 2.75) is 20.3 Å². The van der Waals surface area contributed by atoms with Gasteiger partial charge in [0.15, 0.2) is 5.78 Å². The number of hydrogen-bond acceptors (Lipinski definition) is 6. The van der Waals surface area contributed by atoms with Crippen molar-refractivity contribution >= 4 is 28.3 Å². The lowest BCUT2D eigenvalue weighted by Gasteiger charge is -2.36. The summed E-state index contributed by atoms with van der Waals surface area (Å²) in [5, 5.41) is 1.01. The maximum absolute atomic E-state index is 12.8. The maximum Gasteiger partial charge on any atom is 0.360 e. The van der Waals surface area contributed by atoms with E-state index in [4.69, 9.17) is 9.47 Å². The smallest absolute Gasteiger partial charge is 0.360 e. The summed E-state index contributed by atoms with van der Waals surface area (Å²) in [6.45, 7) is 8.35. The second kappa shape index (κ2) is 11.1. The van der Waals surface area contributed by atoms with Crippen LogP contribution in [0.4, 0.5) is 5.69 Å². The van der Waals surface area contributed by atoms with Crippen LogP contribution in [0.1, 0.15) is 38.4 Å². The third-order valence-corrected chi connectivity index (χ3v) is 7.27. The van der Waals surface area contributed by atoms with Crippen LogP contribution in [-0.4, -0.2) is 61.5 Å². The number of piperazine rings is 1. The second-order valence-electron chi connectivity index (χ2n) is 9.79. The molecule has 1 aromatic heterocycles. The predicted molar refractivity (Wildman–Crippen MR) is 150 cm³/mol. The number of esters is 1. The number of ketones is 1. The summed E-state index contributed by atoms with van der Waals surface area (Å²) in [5.41, 5.74) is 5.16. The van der Waals surface area contributed by atoms with Crippen molar-refractivity contribution in [2.24, 2.45) is 0 Å². The number of aromatic amines is 1. The van der Waals surface area contributed by atoms with E-state index in [1.807, 2.05) is 38.1 Å². The van der Waals surface area contributed by atoms with Crippen LogP contribution in [-0.2, 0) is 0 Å². The van der Waals surface area contributed by atoms with Gasteiger partial charge < -0.3 is 19.4 Å². The van der Waals surface area contributed by atoms with Crippen molar-refractivity contribution < 1.29 is 19.1 Å². The lowest BCUT2D eigenvalue weighted by Crippen LogP contribution is -2.46. The minimum atomic E-state index is -0.441. The highest BCUT2D eigenvalue weighted by Gasteiger charge is 2.19. The Balaban J connectivity index is 1.11. The van der Waals surface area contributed by atoms with Crippen molar-refractivity contribution in [2.75, 3.05) is 44.7 Å². The van der Waals surface area contributed by atoms with Crippen LogP contribution in [0.15, 0.2) is 66.7 Å². The molecule has 0 spiro atoms. The number of aryl methyl sites for hydroxylation is 2. The van der Waals surface area contributed by atoms with Gasteiger partial charge in [-0.15, -0.1) is 0 Å². The first kappa shape index (κ1) is 25.5. The Morgan fingerprint density at radius 2 is 1.55 bits per heavy atom. The molecule has 0 saturated carbocycles. The fourth-order valence-electron chi connectivity index (χ4n) is 4.94. The molecule has 7 heteroatoms. The highest BCUT2D eigenvalue weighted by Crippen LogP contribution is 2.25. The first-order valence-corrected chi connectivity index (χ1v) is 13.0. The van der Waals surface area contributed by atoms with E-state index in [2.05, 4.69) is 33.0 Å². The minimum Gasteiger partial charge on any atom is -0.497 e. The summed E-state index contributed by atoms with van der Waals surface area (Å²) < 4.78 is 10.8. The average molecular weight is 512 g/mol. The molecule has 1 fully saturated rings. The van der Waals surface area contributed by atoms with E-state index in [1.165, 1.54) is 5.69 Å². The van der Waals surface area contributed by atoms with Crippen LogP contribution < -0.4 is 14.4 Å². The number of carbonyl (C=O) groups is 2. The standard InChI is InChI=1S/C31H33N3O4/c1-21-4-13-28-27(20-21)22(2)30(32-28)31(36)38-26-9-5-23(6-10-26)29(35)14-15-33-16-18-34(19-17-33)24-7-11-25(37-3)12-8-24/h4-13,20,32H,14-19H2,1-3H3. The van der Waals surface area contributed by atoms with E-state index >= 15 is 0 Å². The highest BCUT2D eigenvalue weighted by molar-refractivity contribution is 5.99. The van der Waals surface area contributed by atoms with E-state index < -0.39 is 5.97 Å². The summed E-state index contributed by atoms with van der Waals surface area (Å²) in [5.74, 6) is 0.915. The quantitative estimate of drug-likeness (QED) is 0.194. The molecule has 196 valence electrons. The van der Waals surface area contributed by atoms with Crippen LogP contribution in [0.5, 0.6) is 11.5 Å². The zero-order valence-corrected chi connectivity index (χ0v) is 22.1. The number of fused-ring (bicyclic) bond motifs is 1. The van der Waals surface area contributed by atoms with Crippen LogP contribution in [0.25, 0.3) is 10.9 Å². The fraction of sp³-hybridized carbons (Fsp3) is 0.290. The summed E-state index contributed by atoms with van der Waals surface area (Å²) in [6, 6.07) is 21.0. The predicted octanol–water partition coefficient (Wildman–Crippen LogP) is 5.41. The van der Waals surface area contributed by atoms with Crippen molar-refractivity contribution in [1.82, 2.24) is 9.88 Å². The number of anilines is 1. The normalized spacial score (nSPS) is 14.0. The molecule has 3 aromatic carbocycles. The molecule has 1 aliphatic heterocycles. The van der Waals surface area contributed by atoms with Gasteiger partial charge in [0, 0.05) is 61.3 Å². The molecule has 0 atom stereocenters. The number of aromatic nitrogens is 1. The van der Waals surface area contributed by atoms with Gasteiger partial charge in [0.1, 0.15) is 17.2 Å². The van der Waals surface area contributed by atoms with Crippen molar-refractivity contribution in [1.29, 1.82) is 0 Å². The molecule has 4 aromatic rings. The highest BCUT2D eigenvalue weighted by atomic mass is 16.5. The van der Waals surface area contributed by atoms with E-state index in [-0.39, 0.29) is 5.78 Å². The van der Waals surface area contributed by atoms with Gasteiger partial charge >= 0.3 is 5.97 Å². The zero-order valence-electron chi connectivity index (χ0n) is 22.1. The molecule has 0 bridgehead atoms. The Kier molecular flexibility index (Phi) is 7.47. The van der Waals surface area contributed by atoms with Gasteiger partial charge in [-0.05, 0) is 80.1 Å². The van der Waals surface area contributed by atoms with Crippen LogP contribution >= 0.6 is 0 Å². The Hall–Kier alpha value is -4.10. The molecule has 0 radical (unpaired) electrons. The van der Waals surface area contributed by atoms with Gasteiger partial charge in [0.05, 0.1) is 7.11 Å². The van der Waals surface area contributed by atoms with Crippen molar-refractivity contribution in [3.05, 3.63) is 89.1 Å². The Bertz CT molecular complexity index is 1430. The SMILES string of the molecule is COc1ccc(N2CCN(CCC(=O)c3ccc(OC(=O)c4[nH]c5ccc(C)cc5c4C)cc3)CC2)cc1. The molecular weight excluding hydrogens is 478 g/mol. The minimum absolute atomic E-state index is 0.0855. The topological polar surface area (TPSA) is 74.9 Å². The van der Waals surface area contributed by atoms with Gasteiger partial charge in [-0.1, -0.05) is 11.6 Å². The van der Waals surface area contributed by atoms with E-state index in [1.54, 1.807) is 31.4 Å². The maximum atomic E-state index is 12.8. The van der Waals surface area contributed by atoms with Gasteiger partial charge in [0.25, 0.3) is 0 Å². The first-order valence-electron chi connectivity index (χ1n) is 13.0. The number of rotatable bonds is 8. The van der Waals surface area contributed by atoms with Crippen molar-refractivity contribution in [3.8, 4) is 11.5 Å². The number of ether oxygens (including phenoxy) is 2. The number of H-pyrrole nitrogens is 1. The van der Waals surface area contributed by atoms with Crippen LogP contribution in [0.2, 0.25) is 0 Å². The number of carbonyl (C=O) groups excluding carboxylic acids is 2. The number of methoxy groups -OCH3 is 1. The largest absolute Gasteiger partial charge is 0.497 e. The summed E-state index contributed by atoms with van der Waals surface area (Å²) in [7, 11) is 1.67. The summed E-state index contributed by atoms with van der Waals surface area (Å²) >= 11 is 0. The lowest BCUT2D eigenvalue weighted by molar-refractivity contribution is 0.0729. The molecule has 2 heterocycles. The monoisotopic (exact) mass is 511 g/mol. The molecule has 5 rings (SSSR count). The summed E-state index contributed by atoms with van der Waals surface area (Å²) in [6.07, 6.45) is 0.454. The Morgan fingerprint density at radius 1 is 0.868 bits per heavy atom. The third-order valence-electron chi connectivity index (χ3n) is 7.27. The first-order chi connectivity index (χ1) is 18.4. The number of benzene rings is 3. The number of nitrogens with zero attached hydrogens (tertiary/aromatic N) is 2. The molecule has 0 aliphatic carbocycles. The summed E-state index contributed by atoms with van der Waals surface area (Å²) in [4.78, 5) is 33.4. The molecule has 1 aliphatic rings. The lowest BCUT2D eigenvalue weighted by atomic mass is 10.1. The molecule has 0 unspecified atom stereocenters. The number of nitrogens with one attached hydrogen (secondary N) is 1. The third kappa shape index (κ3) is 5.58. The van der Waals surface area contributed by atoms with E-state index in [0.29, 0.717) is 23.4 Å². The number of Topliss-reactive ketones (excluding diaryl/α,β-unsaturated/α-hetero) is 1. The molecule has 38 heavy (non-hydrogen) atoms. The second-order valence-corrected chi connectivity index (χ2v) is 9.79. The van der Waals surface area contributed by atoms with Gasteiger partial charge in [-0.3, -0.25) is 9.69 Å².